The molecule has 2 atom stereocenters. The summed E-state index contributed by atoms with van der Waals surface area (Å²) in [5.74, 6) is 0. The van der Waals surface area contributed by atoms with Gasteiger partial charge in [-0.1, -0.05) is 0 Å². The predicted molar refractivity (Wildman–Crippen MR) is 58.6 cm³/mol. The van der Waals surface area contributed by atoms with Crippen LogP contribution in [0.15, 0.2) is 12.5 Å². The molecule has 0 unspecified atom stereocenters. The molecule has 0 spiro atoms. The van der Waals surface area contributed by atoms with Crippen LogP contribution in [0.2, 0.25) is 0 Å². The second kappa shape index (κ2) is 5.29. The highest BCUT2D eigenvalue weighted by atomic mass is 16.5. The smallest absolute Gasteiger partial charge is 0.419 e. The summed E-state index contributed by atoms with van der Waals surface area (Å²) in [6, 6.07) is 0. The summed E-state index contributed by atoms with van der Waals surface area (Å²) in [6.07, 6.45) is 3.96. The molecular formula is C11H16N2O4. The average Bonchev–Trinajstić information content (AvgIpc) is 2.98. The zero-order valence-corrected chi connectivity index (χ0v) is 9.70. The summed E-state index contributed by atoms with van der Waals surface area (Å²) in [6.45, 7) is 2.11. The lowest BCUT2D eigenvalue weighted by Crippen LogP contribution is -2.12. The van der Waals surface area contributed by atoms with Crippen LogP contribution in [0.4, 0.5) is 4.79 Å². The highest BCUT2D eigenvalue weighted by molar-refractivity contribution is 5.70. The van der Waals surface area contributed by atoms with Gasteiger partial charge in [-0.05, 0) is 19.8 Å². The van der Waals surface area contributed by atoms with Gasteiger partial charge in [-0.2, -0.15) is 0 Å². The molecule has 0 bridgehead atoms. The van der Waals surface area contributed by atoms with Crippen molar-refractivity contribution >= 4 is 6.09 Å². The summed E-state index contributed by atoms with van der Waals surface area (Å²) in [5, 5.41) is 8.97. The zero-order chi connectivity index (χ0) is 12.3. The number of carbonyl (C=O) groups is 1. The van der Waals surface area contributed by atoms with E-state index in [1.807, 2.05) is 0 Å². The van der Waals surface area contributed by atoms with Gasteiger partial charge in [0.25, 0.3) is 0 Å². The van der Waals surface area contributed by atoms with Crippen LogP contribution in [0.3, 0.4) is 0 Å². The maximum Gasteiger partial charge on any atom is 0.419 e. The molecule has 0 radical (unpaired) electrons. The Kier molecular flexibility index (Phi) is 3.75. The Morgan fingerprint density at radius 3 is 3.18 bits per heavy atom. The van der Waals surface area contributed by atoms with Crippen LogP contribution < -0.4 is 0 Å². The fourth-order valence-electron chi connectivity index (χ4n) is 1.86. The molecule has 17 heavy (non-hydrogen) atoms. The first-order valence-corrected chi connectivity index (χ1v) is 5.72. The first kappa shape index (κ1) is 12.1. The minimum absolute atomic E-state index is 0.0229. The van der Waals surface area contributed by atoms with Gasteiger partial charge in [0.05, 0.1) is 25.0 Å². The summed E-state index contributed by atoms with van der Waals surface area (Å²) >= 11 is 0. The quantitative estimate of drug-likeness (QED) is 0.856. The normalized spacial score (nSPS) is 23.9. The number of hydrogen-bond acceptors (Lipinski definition) is 5. The van der Waals surface area contributed by atoms with Crippen LogP contribution in [-0.2, 0) is 9.47 Å². The lowest BCUT2D eigenvalue weighted by Gasteiger charge is -2.08. The van der Waals surface area contributed by atoms with Gasteiger partial charge in [-0.3, -0.25) is 0 Å². The van der Waals surface area contributed by atoms with Crippen molar-refractivity contribution in [3.05, 3.63) is 18.2 Å². The Morgan fingerprint density at radius 1 is 1.71 bits per heavy atom. The molecule has 1 N–H and O–H groups in total. The lowest BCUT2D eigenvalue weighted by molar-refractivity contribution is 0.00936. The van der Waals surface area contributed by atoms with E-state index in [2.05, 4.69) is 4.98 Å². The van der Waals surface area contributed by atoms with Crippen molar-refractivity contribution in [2.75, 3.05) is 13.2 Å². The van der Waals surface area contributed by atoms with Crippen molar-refractivity contribution in [2.24, 2.45) is 0 Å². The van der Waals surface area contributed by atoms with Gasteiger partial charge in [-0.15, -0.1) is 0 Å². The van der Waals surface area contributed by atoms with Crippen molar-refractivity contribution in [2.45, 2.75) is 32.0 Å². The number of aromatic nitrogens is 2. The fraction of sp³-hybridized carbons (Fsp3) is 0.636. The number of carbonyl (C=O) groups excluding carboxylic acids is 1. The van der Waals surface area contributed by atoms with Crippen molar-refractivity contribution in [1.82, 2.24) is 9.55 Å². The molecule has 0 aliphatic carbocycles. The van der Waals surface area contributed by atoms with Crippen molar-refractivity contribution in [1.29, 1.82) is 0 Å². The molecule has 94 valence electrons. The lowest BCUT2D eigenvalue weighted by atomic mass is 10.1. The summed E-state index contributed by atoms with van der Waals surface area (Å²) in [5.41, 5.74) is 0.703. The van der Waals surface area contributed by atoms with Gasteiger partial charge in [-0.25, -0.2) is 14.3 Å². The minimum atomic E-state index is -0.442. The first-order chi connectivity index (χ1) is 8.24. The number of rotatable bonds is 3. The van der Waals surface area contributed by atoms with E-state index in [9.17, 15) is 4.79 Å². The van der Waals surface area contributed by atoms with Crippen LogP contribution in [0, 0.1) is 0 Å². The second-order valence-corrected chi connectivity index (χ2v) is 3.91. The maximum atomic E-state index is 11.4. The molecule has 1 aliphatic rings. The number of hydrogen-bond donors (Lipinski definition) is 1. The Hall–Kier alpha value is -1.40. The van der Waals surface area contributed by atoms with E-state index in [1.165, 1.54) is 10.9 Å². The standard InChI is InChI=1S/C11H16N2O4/c1-2-16-11(15)13-5-9(12-7-13)10-4-3-8(6-14)17-10/h5,7-8,10,14H,2-4,6H2,1H3/t8-,10-/m1/s1. The van der Waals surface area contributed by atoms with E-state index in [4.69, 9.17) is 14.6 Å². The Labute approximate surface area is 99.2 Å². The monoisotopic (exact) mass is 240 g/mol. The van der Waals surface area contributed by atoms with Crippen molar-refractivity contribution in [3.63, 3.8) is 0 Å². The average molecular weight is 240 g/mol. The molecule has 2 rings (SSSR count). The van der Waals surface area contributed by atoms with E-state index in [0.29, 0.717) is 12.3 Å². The molecular weight excluding hydrogens is 224 g/mol. The zero-order valence-electron chi connectivity index (χ0n) is 9.70. The largest absolute Gasteiger partial charge is 0.449 e. The summed E-state index contributed by atoms with van der Waals surface area (Å²) in [4.78, 5) is 15.5. The molecule has 6 heteroatoms. The van der Waals surface area contributed by atoms with E-state index in [0.717, 1.165) is 12.8 Å². The van der Waals surface area contributed by atoms with Crippen LogP contribution in [0.25, 0.3) is 0 Å². The van der Waals surface area contributed by atoms with E-state index < -0.39 is 6.09 Å². The molecule has 0 aromatic carbocycles. The third kappa shape index (κ3) is 2.65. The highest BCUT2D eigenvalue weighted by Crippen LogP contribution is 2.31. The molecule has 2 heterocycles. The SMILES string of the molecule is CCOC(=O)n1cnc([C@H]2CC[C@H](CO)O2)c1. The molecule has 1 fully saturated rings. The molecule has 0 amide bonds. The number of aliphatic hydroxyl groups excluding tert-OH is 1. The first-order valence-electron chi connectivity index (χ1n) is 5.72. The second-order valence-electron chi connectivity index (χ2n) is 3.91. The number of nitrogens with zero attached hydrogens (tertiary/aromatic N) is 2. The minimum Gasteiger partial charge on any atom is -0.449 e. The van der Waals surface area contributed by atoms with Gasteiger partial charge in [0.15, 0.2) is 0 Å². The van der Waals surface area contributed by atoms with Crippen LogP contribution >= 0.6 is 0 Å². The fourth-order valence-corrected chi connectivity index (χ4v) is 1.86. The molecule has 1 aromatic rings. The Bertz CT molecular complexity index is 391. The van der Waals surface area contributed by atoms with Gasteiger partial charge in [0.2, 0.25) is 0 Å². The van der Waals surface area contributed by atoms with E-state index in [1.54, 1.807) is 13.1 Å². The van der Waals surface area contributed by atoms with Gasteiger partial charge in [0, 0.05) is 6.20 Å². The Morgan fingerprint density at radius 2 is 2.53 bits per heavy atom. The van der Waals surface area contributed by atoms with Gasteiger partial charge >= 0.3 is 6.09 Å². The molecule has 1 aliphatic heterocycles. The molecule has 1 saturated heterocycles. The van der Waals surface area contributed by atoms with E-state index >= 15 is 0 Å². The topological polar surface area (TPSA) is 73.6 Å². The van der Waals surface area contributed by atoms with Crippen LogP contribution in [0.5, 0.6) is 0 Å². The number of ether oxygens (including phenoxy) is 2. The summed E-state index contributed by atoms with van der Waals surface area (Å²) in [7, 11) is 0. The predicted octanol–water partition coefficient (Wildman–Crippen LogP) is 1.10. The van der Waals surface area contributed by atoms with Crippen LogP contribution in [0.1, 0.15) is 31.6 Å². The number of imidazole rings is 1. The molecule has 0 saturated carbocycles. The maximum absolute atomic E-state index is 11.4. The van der Waals surface area contributed by atoms with Gasteiger partial charge in [0.1, 0.15) is 12.4 Å². The number of aliphatic hydroxyl groups is 1. The Balaban J connectivity index is 2.01. The third-order valence-corrected chi connectivity index (χ3v) is 2.72. The van der Waals surface area contributed by atoms with Gasteiger partial charge < -0.3 is 14.6 Å². The van der Waals surface area contributed by atoms with Crippen molar-refractivity contribution < 1.29 is 19.4 Å². The van der Waals surface area contributed by atoms with Crippen molar-refractivity contribution in [3.8, 4) is 0 Å². The highest BCUT2D eigenvalue weighted by Gasteiger charge is 2.27. The summed E-state index contributed by atoms with van der Waals surface area (Å²) < 4.78 is 11.7. The molecule has 1 aromatic heterocycles. The van der Waals surface area contributed by atoms with E-state index in [-0.39, 0.29) is 18.8 Å². The third-order valence-electron chi connectivity index (χ3n) is 2.72. The van der Waals surface area contributed by atoms with Crippen LogP contribution in [-0.4, -0.2) is 40.1 Å². The molecule has 6 nitrogen and oxygen atoms in total.